The van der Waals surface area contributed by atoms with Crippen LogP contribution in [0.5, 0.6) is 5.75 Å². The quantitative estimate of drug-likeness (QED) is 0.211. The number of allylic oxidation sites excluding steroid dienone is 2. The minimum Gasteiger partial charge on any atom is -0.493 e. The van der Waals surface area contributed by atoms with E-state index in [4.69, 9.17) is 28.4 Å². The van der Waals surface area contributed by atoms with Gasteiger partial charge >= 0.3 is 12.1 Å². The van der Waals surface area contributed by atoms with Gasteiger partial charge in [-0.3, -0.25) is 4.79 Å². The number of ether oxygens (including phenoxy) is 6. The molecule has 2 fully saturated rings. The van der Waals surface area contributed by atoms with E-state index in [9.17, 15) is 14.4 Å². The van der Waals surface area contributed by atoms with Gasteiger partial charge in [0.25, 0.3) is 5.91 Å². The Kier molecular flexibility index (Phi) is 12.8. The molecule has 49 heavy (non-hydrogen) atoms. The van der Waals surface area contributed by atoms with Crippen molar-refractivity contribution in [3.63, 3.8) is 0 Å². The first-order valence-corrected chi connectivity index (χ1v) is 17.4. The van der Waals surface area contributed by atoms with Gasteiger partial charge in [-0.05, 0) is 87.3 Å². The summed E-state index contributed by atoms with van der Waals surface area (Å²) in [4.78, 5) is 44.5. The fourth-order valence-electron chi connectivity index (χ4n) is 6.69. The SMILES string of the molecule is CCOC(=O)C1=C(C)NC(C)=C(C2OC(C)O2)C1c1ccc(C(=O)N(C(C)C)[C@@H]2CCCN(C(=O)OC(C)(C)C)C2)cc1OCCCOC. The molecule has 1 unspecified atom stereocenters. The van der Waals surface area contributed by atoms with Gasteiger partial charge in [-0.25, -0.2) is 9.59 Å². The van der Waals surface area contributed by atoms with Gasteiger partial charge in [-0.1, -0.05) is 6.07 Å². The highest BCUT2D eigenvalue weighted by Crippen LogP contribution is 2.46. The van der Waals surface area contributed by atoms with Crippen LogP contribution < -0.4 is 10.1 Å². The molecule has 2 saturated heterocycles. The molecule has 272 valence electrons. The summed E-state index contributed by atoms with van der Waals surface area (Å²) in [5, 5.41) is 3.32. The molecule has 2 atom stereocenters. The number of carbonyl (C=O) groups excluding carboxylic acids is 3. The molecular weight excluding hydrogens is 630 g/mol. The molecule has 1 aromatic carbocycles. The summed E-state index contributed by atoms with van der Waals surface area (Å²) in [6.45, 7) is 18.8. The van der Waals surface area contributed by atoms with Gasteiger partial charge < -0.3 is 43.5 Å². The molecule has 0 radical (unpaired) electrons. The lowest BCUT2D eigenvalue weighted by Crippen LogP contribution is -2.54. The smallest absolute Gasteiger partial charge is 0.410 e. The number of hydrogen-bond acceptors (Lipinski definition) is 10. The number of methoxy groups -OCH3 is 1. The number of dihydropyridines is 1. The van der Waals surface area contributed by atoms with Crippen LogP contribution in [0.15, 0.2) is 40.7 Å². The zero-order valence-electron chi connectivity index (χ0n) is 30.8. The molecule has 0 bridgehead atoms. The van der Waals surface area contributed by atoms with Crippen LogP contribution >= 0.6 is 0 Å². The predicted molar refractivity (Wildman–Crippen MR) is 184 cm³/mol. The van der Waals surface area contributed by atoms with Crippen LogP contribution in [0.2, 0.25) is 0 Å². The highest BCUT2D eigenvalue weighted by atomic mass is 16.9. The van der Waals surface area contributed by atoms with Crippen molar-refractivity contribution in [3.05, 3.63) is 51.9 Å². The van der Waals surface area contributed by atoms with Gasteiger partial charge in [0, 0.05) is 73.3 Å². The van der Waals surface area contributed by atoms with Crippen molar-refractivity contribution in [1.82, 2.24) is 15.1 Å². The second-order valence-corrected chi connectivity index (χ2v) is 14.0. The van der Waals surface area contributed by atoms with Gasteiger partial charge in [-0.2, -0.15) is 0 Å². The maximum absolute atomic E-state index is 14.4. The maximum Gasteiger partial charge on any atom is 0.410 e. The van der Waals surface area contributed by atoms with E-state index in [0.717, 1.165) is 24.1 Å². The summed E-state index contributed by atoms with van der Waals surface area (Å²) in [6.07, 6.45) is 0.695. The lowest BCUT2D eigenvalue weighted by Gasteiger charge is -2.42. The third kappa shape index (κ3) is 9.15. The first kappa shape index (κ1) is 38.2. The molecule has 3 aliphatic rings. The van der Waals surface area contributed by atoms with E-state index in [1.807, 2.05) is 66.4 Å². The van der Waals surface area contributed by atoms with E-state index in [1.165, 1.54) is 0 Å². The summed E-state index contributed by atoms with van der Waals surface area (Å²) in [5.41, 5.74) is 3.12. The molecule has 4 rings (SSSR count). The topological polar surface area (TPSA) is 125 Å². The second-order valence-electron chi connectivity index (χ2n) is 14.0. The minimum absolute atomic E-state index is 0.139. The molecule has 12 nitrogen and oxygen atoms in total. The molecule has 1 N–H and O–H groups in total. The van der Waals surface area contributed by atoms with Crippen molar-refractivity contribution in [2.75, 3.05) is 40.0 Å². The molecular formula is C37H55N3O9. The number of esters is 1. The zero-order valence-corrected chi connectivity index (χ0v) is 30.8. The van der Waals surface area contributed by atoms with Crippen LogP contribution in [0, 0.1) is 0 Å². The van der Waals surface area contributed by atoms with E-state index in [0.29, 0.717) is 60.9 Å². The Hall–Kier alpha value is -3.61. The summed E-state index contributed by atoms with van der Waals surface area (Å²) in [5.74, 6) is -0.795. The average molecular weight is 686 g/mol. The largest absolute Gasteiger partial charge is 0.493 e. The third-order valence-corrected chi connectivity index (χ3v) is 8.75. The predicted octanol–water partition coefficient (Wildman–Crippen LogP) is 5.87. The molecule has 12 heteroatoms. The van der Waals surface area contributed by atoms with Gasteiger partial charge in [0.05, 0.1) is 24.8 Å². The molecule has 0 aromatic heterocycles. The molecule has 1 aromatic rings. The van der Waals surface area contributed by atoms with Crippen LogP contribution in [-0.2, 0) is 28.5 Å². The fourth-order valence-corrected chi connectivity index (χ4v) is 6.69. The number of benzene rings is 1. The number of nitrogens with zero attached hydrogens (tertiary/aromatic N) is 2. The van der Waals surface area contributed by atoms with Crippen LogP contribution in [0.25, 0.3) is 0 Å². The molecule has 3 heterocycles. The van der Waals surface area contributed by atoms with Crippen molar-refractivity contribution >= 4 is 18.0 Å². The Morgan fingerprint density at radius 2 is 1.82 bits per heavy atom. The lowest BCUT2D eigenvalue weighted by molar-refractivity contribution is -0.360. The molecule has 2 amide bonds. The van der Waals surface area contributed by atoms with Crippen molar-refractivity contribution in [2.24, 2.45) is 0 Å². The van der Waals surface area contributed by atoms with E-state index in [-0.39, 0.29) is 37.0 Å². The summed E-state index contributed by atoms with van der Waals surface area (Å²) < 4.78 is 34.8. The van der Waals surface area contributed by atoms with Crippen LogP contribution in [0.3, 0.4) is 0 Å². The van der Waals surface area contributed by atoms with Crippen LogP contribution in [-0.4, -0.2) is 98.1 Å². The van der Waals surface area contributed by atoms with Gasteiger partial charge in [0.15, 0.2) is 12.6 Å². The van der Waals surface area contributed by atoms with Crippen molar-refractivity contribution < 1.29 is 42.8 Å². The van der Waals surface area contributed by atoms with E-state index < -0.39 is 23.8 Å². The summed E-state index contributed by atoms with van der Waals surface area (Å²) in [6, 6.07) is 5.05. The number of hydrogen-bond donors (Lipinski definition) is 1. The average Bonchev–Trinajstić information content (AvgIpc) is 3.01. The number of piperidine rings is 1. The van der Waals surface area contributed by atoms with Crippen LogP contribution in [0.4, 0.5) is 4.79 Å². The standard InChI is InChI=1S/C37H55N3O9/c1-11-45-34(42)30-23(4)38-24(5)31(35-47-25(6)48-35)32(30)28-16-15-26(20-29(28)46-19-13-18-44-10)33(41)40(22(2)3)27-14-12-17-39(21-27)36(43)49-37(7,8)9/h15-16,20,22,25,27,32,35,38H,11-14,17-19,21H2,1-10H3/t25?,27-,32?,35?/m1/s1. The fraction of sp³-hybridized carbons (Fsp3) is 0.649. The van der Waals surface area contributed by atoms with Crippen LogP contribution in [0.1, 0.15) is 103 Å². The maximum atomic E-state index is 14.4. The lowest BCUT2D eigenvalue weighted by atomic mass is 9.79. The Labute approximate surface area is 291 Å². The van der Waals surface area contributed by atoms with Gasteiger partial charge in [0.2, 0.25) is 0 Å². The molecule has 0 saturated carbocycles. The Morgan fingerprint density at radius 3 is 2.43 bits per heavy atom. The van der Waals surface area contributed by atoms with E-state index in [1.54, 1.807) is 31.1 Å². The van der Waals surface area contributed by atoms with Gasteiger partial charge in [0.1, 0.15) is 11.4 Å². The van der Waals surface area contributed by atoms with E-state index >= 15 is 0 Å². The first-order chi connectivity index (χ1) is 23.2. The highest BCUT2D eigenvalue weighted by molar-refractivity contribution is 5.96. The Balaban J connectivity index is 1.75. The Bertz CT molecular complexity index is 1420. The minimum atomic E-state index is -0.677. The number of carbonyl (C=O) groups is 3. The molecule has 3 aliphatic heterocycles. The summed E-state index contributed by atoms with van der Waals surface area (Å²) >= 11 is 0. The van der Waals surface area contributed by atoms with Gasteiger partial charge in [-0.15, -0.1) is 0 Å². The monoisotopic (exact) mass is 685 g/mol. The number of likely N-dealkylation sites (tertiary alicyclic amines) is 1. The molecule has 0 aliphatic carbocycles. The van der Waals surface area contributed by atoms with Crippen molar-refractivity contribution in [2.45, 2.75) is 118 Å². The highest BCUT2D eigenvalue weighted by Gasteiger charge is 2.44. The third-order valence-electron chi connectivity index (χ3n) is 8.75. The zero-order chi connectivity index (χ0) is 36.0. The summed E-state index contributed by atoms with van der Waals surface area (Å²) in [7, 11) is 1.63. The first-order valence-electron chi connectivity index (χ1n) is 17.4. The van der Waals surface area contributed by atoms with E-state index in [2.05, 4.69) is 5.32 Å². The second kappa shape index (κ2) is 16.4. The van der Waals surface area contributed by atoms with Crippen molar-refractivity contribution in [1.29, 1.82) is 0 Å². The number of rotatable bonds is 12. The molecule has 0 spiro atoms. The normalized spacial score (nSPS) is 22.8. The van der Waals surface area contributed by atoms with Crippen molar-refractivity contribution in [3.8, 4) is 5.75 Å². The number of nitrogens with one attached hydrogen (secondary N) is 1. The Morgan fingerprint density at radius 1 is 1.10 bits per heavy atom. The number of amides is 2.